The highest BCUT2D eigenvalue weighted by Crippen LogP contribution is 2.40. The Hall–Kier alpha value is -2.37. The van der Waals surface area contributed by atoms with Gasteiger partial charge >= 0.3 is 6.03 Å². The summed E-state index contributed by atoms with van der Waals surface area (Å²) in [5, 5.41) is 15.0. The van der Waals surface area contributed by atoms with E-state index in [9.17, 15) is 4.79 Å². The highest BCUT2D eigenvalue weighted by atomic mass is 16.2. The summed E-state index contributed by atoms with van der Waals surface area (Å²) < 4.78 is 2.21. The Labute approximate surface area is 160 Å². The van der Waals surface area contributed by atoms with Crippen LogP contribution >= 0.6 is 0 Å². The number of benzene rings is 1. The van der Waals surface area contributed by atoms with Crippen LogP contribution in [0.4, 0.5) is 4.79 Å². The highest BCUT2D eigenvalue weighted by molar-refractivity contribution is 5.74. The molecule has 2 aromatic rings. The Balaban J connectivity index is 1.30. The topological polar surface area (TPSA) is 71.8 Å². The van der Waals surface area contributed by atoms with E-state index in [-0.39, 0.29) is 6.03 Å². The van der Waals surface area contributed by atoms with Crippen LogP contribution in [0.2, 0.25) is 0 Å². The standard InChI is InChI=1S/C21H29N5O/c27-21(23-17-8-3-1-4-9-17)22-15-7-12-19-24-25-20(16-13-14-16)26(19)18-10-5-2-6-11-18/h2,5-6,10-11,16-17H,1,3-4,7-9,12-15H2,(H2,22,23,27). The summed E-state index contributed by atoms with van der Waals surface area (Å²) in [5.41, 5.74) is 1.13. The first-order valence-corrected chi connectivity index (χ1v) is 10.4. The van der Waals surface area contributed by atoms with E-state index >= 15 is 0 Å². The molecule has 0 aliphatic heterocycles. The molecular weight excluding hydrogens is 338 g/mol. The minimum absolute atomic E-state index is 0.0369. The number of amides is 2. The quantitative estimate of drug-likeness (QED) is 0.733. The third-order valence-corrected chi connectivity index (χ3v) is 5.52. The summed E-state index contributed by atoms with van der Waals surface area (Å²) in [6.45, 7) is 0.652. The first-order valence-electron chi connectivity index (χ1n) is 10.4. The zero-order chi connectivity index (χ0) is 18.5. The van der Waals surface area contributed by atoms with E-state index < -0.39 is 0 Å². The van der Waals surface area contributed by atoms with Crippen LogP contribution in [0, 0.1) is 0 Å². The second-order valence-corrected chi connectivity index (χ2v) is 7.76. The van der Waals surface area contributed by atoms with Crippen molar-refractivity contribution in [1.29, 1.82) is 0 Å². The lowest BCUT2D eigenvalue weighted by Crippen LogP contribution is -2.43. The number of carbonyl (C=O) groups is 1. The first kappa shape index (κ1) is 18.0. The number of rotatable bonds is 7. The van der Waals surface area contributed by atoms with E-state index in [1.54, 1.807) is 0 Å². The van der Waals surface area contributed by atoms with E-state index in [4.69, 9.17) is 0 Å². The van der Waals surface area contributed by atoms with Crippen molar-refractivity contribution in [2.45, 2.75) is 69.7 Å². The van der Waals surface area contributed by atoms with Gasteiger partial charge in [-0.3, -0.25) is 4.57 Å². The number of para-hydroxylation sites is 1. The molecule has 2 N–H and O–H groups in total. The Morgan fingerprint density at radius 3 is 2.56 bits per heavy atom. The second kappa shape index (κ2) is 8.55. The fourth-order valence-electron chi connectivity index (χ4n) is 3.89. The second-order valence-electron chi connectivity index (χ2n) is 7.76. The molecule has 2 fully saturated rings. The SMILES string of the molecule is O=C(NCCCc1nnc(C2CC2)n1-c1ccccc1)NC1CCCCC1. The lowest BCUT2D eigenvalue weighted by Gasteiger charge is -2.22. The van der Waals surface area contributed by atoms with E-state index in [2.05, 4.69) is 37.5 Å². The van der Waals surface area contributed by atoms with Crippen molar-refractivity contribution in [3.8, 4) is 5.69 Å². The lowest BCUT2D eigenvalue weighted by atomic mass is 9.96. The molecule has 1 aromatic heterocycles. The van der Waals surface area contributed by atoms with Crippen LogP contribution in [0.5, 0.6) is 0 Å². The minimum atomic E-state index is -0.0369. The molecule has 144 valence electrons. The van der Waals surface area contributed by atoms with Gasteiger partial charge in [0.05, 0.1) is 0 Å². The van der Waals surface area contributed by atoms with Gasteiger partial charge in [0.1, 0.15) is 11.6 Å². The van der Waals surface area contributed by atoms with Crippen molar-refractivity contribution in [2.24, 2.45) is 0 Å². The van der Waals surface area contributed by atoms with Crippen molar-refractivity contribution in [3.05, 3.63) is 42.0 Å². The minimum Gasteiger partial charge on any atom is -0.338 e. The van der Waals surface area contributed by atoms with Crippen LogP contribution in [0.25, 0.3) is 5.69 Å². The number of aromatic nitrogens is 3. The smallest absolute Gasteiger partial charge is 0.315 e. The average molecular weight is 367 g/mol. The van der Waals surface area contributed by atoms with E-state index in [0.717, 1.165) is 43.0 Å². The summed E-state index contributed by atoms with van der Waals surface area (Å²) in [7, 11) is 0. The number of hydrogen-bond acceptors (Lipinski definition) is 3. The Morgan fingerprint density at radius 1 is 1.04 bits per heavy atom. The Morgan fingerprint density at radius 2 is 1.81 bits per heavy atom. The lowest BCUT2D eigenvalue weighted by molar-refractivity contribution is 0.232. The van der Waals surface area contributed by atoms with Crippen molar-refractivity contribution in [2.75, 3.05) is 6.54 Å². The van der Waals surface area contributed by atoms with Crippen LogP contribution in [-0.4, -0.2) is 33.4 Å². The Kier molecular flexibility index (Phi) is 5.70. The number of carbonyl (C=O) groups excluding carboxylic acids is 1. The first-order chi connectivity index (χ1) is 13.3. The van der Waals surface area contributed by atoms with Gasteiger partial charge in [0, 0.05) is 30.6 Å². The number of aryl methyl sites for hydroxylation is 1. The van der Waals surface area contributed by atoms with Crippen LogP contribution < -0.4 is 10.6 Å². The molecule has 0 spiro atoms. The number of urea groups is 1. The summed E-state index contributed by atoms with van der Waals surface area (Å²) in [6.07, 6.45) is 10.0. The van der Waals surface area contributed by atoms with Crippen molar-refractivity contribution >= 4 is 6.03 Å². The van der Waals surface area contributed by atoms with Gasteiger partial charge in [-0.1, -0.05) is 37.5 Å². The van der Waals surface area contributed by atoms with Gasteiger partial charge in [0.15, 0.2) is 0 Å². The third kappa shape index (κ3) is 4.67. The predicted octanol–water partition coefficient (Wildman–Crippen LogP) is 3.71. The number of nitrogens with one attached hydrogen (secondary N) is 2. The molecule has 2 aliphatic carbocycles. The zero-order valence-corrected chi connectivity index (χ0v) is 15.9. The van der Waals surface area contributed by atoms with Crippen LogP contribution in [0.1, 0.15) is 68.9 Å². The van der Waals surface area contributed by atoms with Crippen LogP contribution in [0.3, 0.4) is 0 Å². The van der Waals surface area contributed by atoms with Gasteiger partial charge < -0.3 is 10.6 Å². The molecular formula is C21H29N5O. The summed E-state index contributed by atoms with van der Waals surface area (Å²) >= 11 is 0. The fraction of sp³-hybridized carbons (Fsp3) is 0.571. The van der Waals surface area contributed by atoms with Crippen molar-refractivity contribution < 1.29 is 4.79 Å². The highest BCUT2D eigenvalue weighted by Gasteiger charge is 2.30. The maximum absolute atomic E-state index is 12.1. The van der Waals surface area contributed by atoms with Gasteiger partial charge in [-0.25, -0.2) is 4.79 Å². The van der Waals surface area contributed by atoms with Gasteiger partial charge in [-0.2, -0.15) is 0 Å². The van der Waals surface area contributed by atoms with Gasteiger partial charge in [-0.15, -0.1) is 10.2 Å². The van der Waals surface area contributed by atoms with E-state index in [1.165, 1.54) is 32.1 Å². The summed E-state index contributed by atoms with van der Waals surface area (Å²) in [5.74, 6) is 2.61. The molecule has 4 rings (SSSR count). The maximum Gasteiger partial charge on any atom is 0.315 e. The maximum atomic E-state index is 12.1. The van der Waals surface area contributed by atoms with Crippen molar-refractivity contribution in [3.63, 3.8) is 0 Å². The molecule has 2 saturated carbocycles. The largest absolute Gasteiger partial charge is 0.338 e. The molecule has 0 radical (unpaired) electrons. The zero-order valence-electron chi connectivity index (χ0n) is 15.9. The van der Waals surface area contributed by atoms with Gasteiger partial charge in [0.2, 0.25) is 0 Å². The molecule has 6 heteroatoms. The molecule has 0 bridgehead atoms. The monoisotopic (exact) mass is 367 g/mol. The molecule has 0 unspecified atom stereocenters. The van der Waals surface area contributed by atoms with Crippen LogP contribution in [-0.2, 0) is 6.42 Å². The number of hydrogen-bond donors (Lipinski definition) is 2. The Bertz CT molecular complexity index is 747. The molecule has 27 heavy (non-hydrogen) atoms. The van der Waals surface area contributed by atoms with E-state index in [1.807, 2.05) is 18.2 Å². The summed E-state index contributed by atoms with van der Waals surface area (Å²) in [6, 6.07) is 10.6. The fourth-order valence-corrected chi connectivity index (χ4v) is 3.89. The molecule has 2 aliphatic rings. The average Bonchev–Trinajstić information content (AvgIpc) is 3.46. The molecule has 1 heterocycles. The molecule has 0 saturated heterocycles. The third-order valence-electron chi connectivity index (χ3n) is 5.52. The predicted molar refractivity (Wildman–Crippen MR) is 105 cm³/mol. The van der Waals surface area contributed by atoms with Gasteiger partial charge in [0.25, 0.3) is 0 Å². The van der Waals surface area contributed by atoms with E-state index in [0.29, 0.717) is 18.5 Å². The van der Waals surface area contributed by atoms with Crippen LogP contribution in [0.15, 0.2) is 30.3 Å². The molecule has 1 aromatic carbocycles. The van der Waals surface area contributed by atoms with Crippen molar-refractivity contribution in [1.82, 2.24) is 25.4 Å². The summed E-state index contributed by atoms with van der Waals surface area (Å²) in [4.78, 5) is 12.1. The van der Waals surface area contributed by atoms with Gasteiger partial charge in [-0.05, 0) is 44.2 Å². The molecule has 2 amide bonds. The molecule has 0 atom stereocenters. The normalized spacial score (nSPS) is 17.6. The number of nitrogens with zero attached hydrogens (tertiary/aromatic N) is 3. The molecule has 6 nitrogen and oxygen atoms in total.